The van der Waals surface area contributed by atoms with Gasteiger partial charge in [-0.25, -0.2) is 4.99 Å². The van der Waals surface area contributed by atoms with Gasteiger partial charge in [-0.2, -0.15) is 0 Å². The number of ether oxygens (including phenoxy) is 2. The molecule has 6 nitrogen and oxygen atoms in total. The number of anilines is 1. The largest absolute Gasteiger partial charge is 0.490 e. The van der Waals surface area contributed by atoms with E-state index in [9.17, 15) is 0 Å². The topological polar surface area (TPSA) is 81.8 Å². The highest BCUT2D eigenvalue weighted by molar-refractivity contribution is 5.92. The Labute approximate surface area is 135 Å². The lowest BCUT2D eigenvalue weighted by Gasteiger charge is -2.10. The highest BCUT2D eigenvalue weighted by Crippen LogP contribution is 2.32. The number of nitrogens with one attached hydrogen (secondary N) is 1. The van der Waals surface area contributed by atoms with E-state index in [0.717, 1.165) is 35.0 Å². The van der Waals surface area contributed by atoms with Gasteiger partial charge >= 0.3 is 0 Å². The van der Waals surface area contributed by atoms with E-state index in [1.165, 1.54) is 0 Å². The number of rotatable bonds is 3. The molecule has 0 saturated heterocycles. The summed E-state index contributed by atoms with van der Waals surface area (Å²) in [6.07, 6.45) is 0.879. The van der Waals surface area contributed by atoms with Crippen LogP contribution in [0.1, 0.15) is 17.8 Å². The Morgan fingerprint density at radius 3 is 2.87 bits per heavy atom. The number of aliphatic imine (C=N–C) groups is 1. The zero-order valence-electron chi connectivity index (χ0n) is 13.1. The van der Waals surface area contributed by atoms with Crippen LogP contribution in [-0.2, 0) is 6.54 Å². The molecule has 0 saturated carbocycles. The van der Waals surface area contributed by atoms with Crippen LogP contribution >= 0.6 is 0 Å². The van der Waals surface area contributed by atoms with Gasteiger partial charge in [-0.3, -0.25) is 4.98 Å². The molecule has 23 heavy (non-hydrogen) atoms. The molecule has 0 bridgehead atoms. The van der Waals surface area contributed by atoms with E-state index in [2.05, 4.69) is 15.3 Å². The van der Waals surface area contributed by atoms with Crippen molar-refractivity contribution in [2.75, 3.05) is 18.5 Å². The summed E-state index contributed by atoms with van der Waals surface area (Å²) >= 11 is 0. The molecule has 0 radical (unpaired) electrons. The van der Waals surface area contributed by atoms with Crippen LogP contribution in [0.15, 0.2) is 41.4 Å². The van der Waals surface area contributed by atoms with Crippen molar-refractivity contribution < 1.29 is 9.47 Å². The number of aromatic nitrogens is 1. The predicted molar refractivity (Wildman–Crippen MR) is 90.0 cm³/mol. The van der Waals surface area contributed by atoms with Crippen molar-refractivity contribution in [3.63, 3.8) is 0 Å². The molecule has 120 valence electrons. The number of benzene rings is 1. The first-order valence-corrected chi connectivity index (χ1v) is 7.60. The minimum absolute atomic E-state index is 0.336. The Kier molecular flexibility index (Phi) is 4.61. The number of aryl methyl sites for hydroxylation is 1. The second-order valence-corrected chi connectivity index (χ2v) is 5.31. The summed E-state index contributed by atoms with van der Waals surface area (Å²) in [7, 11) is 0. The van der Waals surface area contributed by atoms with Crippen LogP contribution in [0.25, 0.3) is 0 Å². The fourth-order valence-corrected chi connectivity index (χ4v) is 2.28. The quantitative estimate of drug-likeness (QED) is 0.672. The number of pyridine rings is 1. The zero-order chi connectivity index (χ0) is 16.1. The fraction of sp³-hybridized carbons (Fsp3) is 0.294. The first kappa shape index (κ1) is 15.1. The summed E-state index contributed by atoms with van der Waals surface area (Å²) in [6.45, 7) is 3.71. The average Bonchev–Trinajstić information content (AvgIpc) is 2.78. The molecule has 1 aromatic carbocycles. The predicted octanol–water partition coefficient (Wildman–Crippen LogP) is 2.48. The molecule has 3 N–H and O–H groups in total. The summed E-state index contributed by atoms with van der Waals surface area (Å²) in [4.78, 5) is 8.70. The third-order valence-electron chi connectivity index (χ3n) is 3.38. The summed E-state index contributed by atoms with van der Waals surface area (Å²) in [5.74, 6) is 1.82. The monoisotopic (exact) mass is 312 g/mol. The summed E-state index contributed by atoms with van der Waals surface area (Å²) in [5, 5.41) is 3.06. The van der Waals surface area contributed by atoms with Gasteiger partial charge in [0, 0.05) is 23.9 Å². The third-order valence-corrected chi connectivity index (χ3v) is 3.38. The summed E-state index contributed by atoms with van der Waals surface area (Å²) in [5.41, 5.74) is 8.60. The van der Waals surface area contributed by atoms with Gasteiger partial charge in [0.05, 0.1) is 25.5 Å². The van der Waals surface area contributed by atoms with Crippen molar-refractivity contribution in [3.05, 3.63) is 47.8 Å². The Bertz CT molecular complexity index is 715. The molecule has 0 fully saturated rings. The number of hydrogen-bond acceptors (Lipinski definition) is 4. The standard InChI is InChI=1S/C17H20N4O2/c1-12-4-2-5-14(20-12)11-19-17(18)21-13-6-7-15-16(10-13)23-9-3-8-22-15/h2,4-7,10H,3,8-9,11H2,1H3,(H3,18,19,21). The summed E-state index contributed by atoms with van der Waals surface area (Å²) in [6, 6.07) is 11.5. The smallest absolute Gasteiger partial charge is 0.193 e. The Balaban J connectivity index is 1.66. The molecule has 6 heteroatoms. The van der Waals surface area contributed by atoms with Gasteiger partial charge in [0.15, 0.2) is 17.5 Å². The second-order valence-electron chi connectivity index (χ2n) is 5.31. The molecule has 0 aliphatic carbocycles. The van der Waals surface area contributed by atoms with Gasteiger partial charge in [0.2, 0.25) is 0 Å². The zero-order valence-corrected chi connectivity index (χ0v) is 13.1. The number of nitrogens with two attached hydrogens (primary N) is 1. The summed E-state index contributed by atoms with van der Waals surface area (Å²) < 4.78 is 11.3. The molecule has 0 amide bonds. The van der Waals surface area contributed by atoms with Gasteiger partial charge in [-0.05, 0) is 31.2 Å². The molecule has 0 unspecified atom stereocenters. The number of fused-ring (bicyclic) bond motifs is 1. The number of nitrogens with zero attached hydrogens (tertiary/aromatic N) is 2. The van der Waals surface area contributed by atoms with Gasteiger partial charge in [-0.15, -0.1) is 0 Å². The lowest BCUT2D eigenvalue weighted by molar-refractivity contribution is 0.297. The Morgan fingerprint density at radius 2 is 2.04 bits per heavy atom. The highest BCUT2D eigenvalue weighted by Gasteiger charge is 2.10. The van der Waals surface area contributed by atoms with Gasteiger partial charge in [-0.1, -0.05) is 6.07 Å². The lowest BCUT2D eigenvalue weighted by Crippen LogP contribution is -2.22. The molecule has 0 atom stereocenters. The SMILES string of the molecule is Cc1cccc(CN=C(N)Nc2ccc3c(c2)OCCCO3)n1. The normalized spacial score (nSPS) is 14.2. The van der Waals surface area contributed by atoms with E-state index in [1.54, 1.807) is 0 Å². The lowest BCUT2D eigenvalue weighted by atomic mass is 10.3. The van der Waals surface area contributed by atoms with Crippen molar-refractivity contribution in [1.82, 2.24) is 4.98 Å². The fourth-order valence-electron chi connectivity index (χ4n) is 2.28. The van der Waals surface area contributed by atoms with Crippen LogP contribution in [0, 0.1) is 6.92 Å². The number of guanidine groups is 1. The molecule has 3 rings (SSSR count). The van der Waals surface area contributed by atoms with Crippen LogP contribution in [0.5, 0.6) is 11.5 Å². The van der Waals surface area contributed by atoms with E-state index >= 15 is 0 Å². The van der Waals surface area contributed by atoms with Crippen LogP contribution in [0.4, 0.5) is 5.69 Å². The minimum Gasteiger partial charge on any atom is -0.490 e. The maximum atomic E-state index is 5.94. The molecular formula is C17H20N4O2. The molecule has 1 aromatic heterocycles. The van der Waals surface area contributed by atoms with Crippen LogP contribution in [0.3, 0.4) is 0 Å². The second kappa shape index (κ2) is 7.00. The van der Waals surface area contributed by atoms with Crippen LogP contribution < -0.4 is 20.5 Å². The van der Waals surface area contributed by atoms with E-state index in [4.69, 9.17) is 15.2 Å². The maximum absolute atomic E-state index is 5.94. The van der Waals surface area contributed by atoms with E-state index in [0.29, 0.717) is 25.7 Å². The van der Waals surface area contributed by atoms with E-state index in [1.807, 2.05) is 43.3 Å². The first-order chi connectivity index (χ1) is 11.2. The molecule has 1 aliphatic rings. The Morgan fingerprint density at radius 1 is 1.22 bits per heavy atom. The van der Waals surface area contributed by atoms with Crippen molar-refractivity contribution >= 4 is 11.6 Å². The Hall–Kier alpha value is -2.76. The third kappa shape index (κ3) is 4.12. The van der Waals surface area contributed by atoms with Crippen molar-refractivity contribution in [1.29, 1.82) is 0 Å². The van der Waals surface area contributed by atoms with Crippen molar-refractivity contribution in [3.8, 4) is 11.5 Å². The van der Waals surface area contributed by atoms with Crippen molar-refractivity contribution in [2.24, 2.45) is 10.7 Å². The minimum atomic E-state index is 0.336. The average molecular weight is 312 g/mol. The van der Waals surface area contributed by atoms with Gasteiger partial charge < -0.3 is 20.5 Å². The molecule has 0 spiro atoms. The molecule has 1 aliphatic heterocycles. The first-order valence-electron chi connectivity index (χ1n) is 7.60. The molecular weight excluding hydrogens is 292 g/mol. The van der Waals surface area contributed by atoms with Gasteiger partial charge in [0.25, 0.3) is 0 Å². The maximum Gasteiger partial charge on any atom is 0.193 e. The number of hydrogen-bond donors (Lipinski definition) is 2. The van der Waals surface area contributed by atoms with Crippen molar-refractivity contribution in [2.45, 2.75) is 19.9 Å². The van der Waals surface area contributed by atoms with E-state index < -0.39 is 0 Å². The van der Waals surface area contributed by atoms with Gasteiger partial charge in [0.1, 0.15) is 0 Å². The van der Waals surface area contributed by atoms with Crippen LogP contribution in [0.2, 0.25) is 0 Å². The molecule has 2 heterocycles. The highest BCUT2D eigenvalue weighted by atomic mass is 16.5. The molecule has 2 aromatic rings. The van der Waals surface area contributed by atoms with Crippen LogP contribution in [-0.4, -0.2) is 24.2 Å². The van der Waals surface area contributed by atoms with E-state index in [-0.39, 0.29) is 0 Å².